The molecule has 290 valence electrons. The molecule has 2 aromatic rings. The SMILES string of the molecule is CC(C)(C)c1ccc(OCCN2CC(C3CCN(C(C)(C)CCC(C)(C)N4CC(CN5CCN(c6ccc(C(C)(C)C)cc6)CC5)C4)CC3)C2)cc1. The molecule has 4 fully saturated rings. The minimum Gasteiger partial charge on any atom is -0.492 e. The Hall–Kier alpha value is -2.12. The molecule has 0 spiro atoms. The minimum absolute atomic E-state index is 0.186. The van der Waals surface area contributed by atoms with Crippen molar-refractivity contribution in [3.63, 3.8) is 0 Å². The van der Waals surface area contributed by atoms with E-state index >= 15 is 0 Å². The van der Waals surface area contributed by atoms with Gasteiger partial charge in [0.2, 0.25) is 0 Å². The van der Waals surface area contributed by atoms with Crippen LogP contribution < -0.4 is 9.64 Å². The molecule has 0 unspecified atom stereocenters. The van der Waals surface area contributed by atoms with Crippen molar-refractivity contribution in [3.8, 4) is 5.75 Å². The van der Waals surface area contributed by atoms with Gasteiger partial charge in [-0.3, -0.25) is 19.6 Å². The summed E-state index contributed by atoms with van der Waals surface area (Å²) in [5.74, 6) is 3.59. The highest BCUT2D eigenvalue weighted by atomic mass is 16.5. The molecule has 4 saturated heterocycles. The molecule has 0 saturated carbocycles. The van der Waals surface area contributed by atoms with Gasteiger partial charge in [-0.1, -0.05) is 65.8 Å². The van der Waals surface area contributed by atoms with E-state index in [0.29, 0.717) is 0 Å². The number of nitrogens with zero attached hydrogens (tertiary/aromatic N) is 5. The molecule has 2 aromatic carbocycles. The second kappa shape index (κ2) is 15.9. The number of hydrogen-bond acceptors (Lipinski definition) is 6. The fraction of sp³-hybridized carbons (Fsp3) is 0.739. The summed E-state index contributed by atoms with van der Waals surface area (Å²) < 4.78 is 6.09. The monoisotopic (exact) mass is 714 g/mol. The van der Waals surface area contributed by atoms with Gasteiger partial charge in [0.05, 0.1) is 0 Å². The standard InChI is InChI=1S/C46H75N5O/c1-43(2,3)39-11-15-41(16-12-39)49-27-25-47(26-28-49)31-36-32-51(33-36)46(9,10)22-21-45(7,8)50-23-19-37(20-24-50)38-34-48(35-38)29-30-52-42-17-13-40(14-18-42)44(4,5)6/h11-18,36-38H,19-35H2,1-10H3. The molecular formula is C46H75N5O. The molecule has 0 atom stereocenters. The highest BCUT2D eigenvalue weighted by molar-refractivity contribution is 5.49. The number of piperazine rings is 1. The van der Waals surface area contributed by atoms with E-state index in [2.05, 4.69) is 142 Å². The molecule has 4 heterocycles. The van der Waals surface area contributed by atoms with Crippen LogP contribution in [0.3, 0.4) is 0 Å². The number of rotatable bonds is 13. The van der Waals surface area contributed by atoms with Crippen LogP contribution in [0, 0.1) is 17.8 Å². The topological polar surface area (TPSA) is 25.4 Å². The van der Waals surface area contributed by atoms with Gasteiger partial charge in [0.25, 0.3) is 0 Å². The summed E-state index contributed by atoms with van der Waals surface area (Å²) in [6.45, 7) is 39.1. The first-order valence-electron chi connectivity index (χ1n) is 21.0. The lowest BCUT2D eigenvalue weighted by Crippen LogP contribution is -2.61. The zero-order valence-corrected chi connectivity index (χ0v) is 35.0. The molecule has 6 nitrogen and oxygen atoms in total. The number of likely N-dealkylation sites (tertiary alicyclic amines) is 3. The number of benzene rings is 2. The second-order valence-corrected chi connectivity index (χ2v) is 20.4. The molecule has 0 aliphatic carbocycles. The molecule has 0 bridgehead atoms. The fourth-order valence-electron chi connectivity index (χ4n) is 9.24. The van der Waals surface area contributed by atoms with E-state index in [9.17, 15) is 0 Å². The Morgan fingerprint density at radius 2 is 1.08 bits per heavy atom. The summed E-state index contributed by atoms with van der Waals surface area (Å²) in [7, 11) is 0. The van der Waals surface area contributed by atoms with Crippen LogP contribution in [0.1, 0.15) is 106 Å². The number of ether oxygens (including phenoxy) is 1. The van der Waals surface area contributed by atoms with E-state index < -0.39 is 0 Å². The van der Waals surface area contributed by atoms with Gasteiger partial charge in [0.1, 0.15) is 12.4 Å². The third-order valence-corrected chi connectivity index (χ3v) is 13.6. The average molecular weight is 714 g/mol. The second-order valence-electron chi connectivity index (χ2n) is 20.4. The van der Waals surface area contributed by atoms with Crippen LogP contribution in [0.4, 0.5) is 5.69 Å². The van der Waals surface area contributed by atoms with Crippen LogP contribution in [-0.4, -0.2) is 116 Å². The van der Waals surface area contributed by atoms with E-state index in [0.717, 1.165) is 49.7 Å². The summed E-state index contributed by atoms with van der Waals surface area (Å²) >= 11 is 0. The fourth-order valence-corrected chi connectivity index (χ4v) is 9.24. The van der Waals surface area contributed by atoms with Gasteiger partial charge in [-0.15, -0.1) is 0 Å². The van der Waals surface area contributed by atoms with Crippen molar-refractivity contribution < 1.29 is 4.74 Å². The summed E-state index contributed by atoms with van der Waals surface area (Å²) in [4.78, 5) is 13.5. The van der Waals surface area contributed by atoms with Crippen LogP contribution in [0.15, 0.2) is 48.5 Å². The first-order chi connectivity index (χ1) is 24.5. The van der Waals surface area contributed by atoms with Crippen molar-refractivity contribution in [3.05, 3.63) is 59.7 Å². The van der Waals surface area contributed by atoms with Gasteiger partial charge in [-0.25, -0.2) is 0 Å². The maximum absolute atomic E-state index is 6.09. The molecule has 0 radical (unpaired) electrons. The van der Waals surface area contributed by atoms with Gasteiger partial charge in [0.15, 0.2) is 0 Å². The lowest BCUT2D eigenvalue weighted by molar-refractivity contribution is -0.0300. The zero-order chi connectivity index (χ0) is 37.3. The number of hydrogen-bond donors (Lipinski definition) is 0. The normalized spacial score (nSPS) is 21.7. The van der Waals surface area contributed by atoms with E-state index in [-0.39, 0.29) is 21.9 Å². The molecule has 4 aliphatic heterocycles. The Morgan fingerprint density at radius 3 is 1.62 bits per heavy atom. The molecule has 6 rings (SSSR count). The van der Waals surface area contributed by atoms with Crippen LogP contribution in [0.2, 0.25) is 0 Å². The Morgan fingerprint density at radius 1 is 0.558 bits per heavy atom. The van der Waals surface area contributed by atoms with Crippen molar-refractivity contribution in [2.75, 3.05) is 90.0 Å². The van der Waals surface area contributed by atoms with Crippen LogP contribution in [0.25, 0.3) is 0 Å². The molecule has 52 heavy (non-hydrogen) atoms. The van der Waals surface area contributed by atoms with Crippen LogP contribution >= 0.6 is 0 Å². The first-order valence-corrected chi connectivity index (χ1v) is 21.0. The quantitative estimate of drug-likeness (QED) is 0.207. The number of anilines is 1. The zero-order valence-electron chi connectivity index (χ0n) is 35.0. The minimum atomic E-state index is 0.186. The Balaban J connectivity index is 0.832. The van der Waals surface area contributed by atoms with Crippen molar-refractivity contribution in [2.24, 2.45) is 17.8 Å². The Kier molecular flexibility index (Phi) is 12.1. The van der Waals surface area contributed by atoms with Crippen molar-refractivity contribution >= 4 is 5.69 Å². The molecule has 6 heteroatoms. The molecular weight excluding hydrogens is 639 g/mol. The first kappa shape index (κ1) is 39.6. The third kappa shape index (κ3) is 9.94. The maximum atomic E-state index is 6.09. The summed E-state index contributed by atoms with van der Waals surface area (Å²) in [5.41, 5.74) is 5.12. The van der Waals surface area contributed by atoms with Crippen molar-refractivity contribution in [1.29, 1.82) is 0 Å². The predicted molar refractivity (Wildman–Crippen MR) is 221 cm³/mol. The molecule has 0 N–H and O–H groups in total. The van der Waals surface area contributed by atoms with Crippen molar-refractivity contribution in [1.82, 2.24) is 19.6 Å². The van der Waals surface area contributed by atoms with E-state index in [1.54, 1.807) is 0 Å². The van der Waals surface area contributed by atoms with Gasteiger partial charge < -0.3 is 9.64 Å². The number of piperidine rings is 1. The summed E-state index contributed by atoms with van der Waals surface area (Å²) in [6.07, 6.45) is 5.29. The maximum Gasteiger partial charge on any atom is 0.119 e. The van der Waals surface area contributed by atoms with Gasteiger partial charge in [-0.05, 0) is 130 Å². The molecule has 0 aromatic heterocycles. The third-order valence-electron chi connectivity index (χ3n) is 13.6. The van der Waals surface area contributed by atoms with E-state index in [4.69, 9.17) is 4.74 Å². The molecule has 0 amide bonds. The predicted octanol–water partition coefficient (Wildman–Crippen LogP) is 8.40. The highest BCUT2D eigenvalue weighted by Gasteiger charge is 2.41. The summed E-state index contributed by atoms with van der Waals surface area (Å²) in [6, 6.07) is 18.0. The molecule has 4 aliphatic rings. The average Bonchev–Trinajstić information content (AvgIpc) is 3.06. The van der Waals surface area contributed by atoms with Crippen LogP contribution in [-0.2, 0) is 10.8 Å². The van der Waals surface area contributed by atoms with Crippen molar-refractivity contribution in [2.45, 2.75) is 117 Å². The van der Waals surface area contributed by atoms with Gasteiger partial charge >= 0.3 is 0 Å². The van der Waals surface area contributed by atoms with E-state index in [1.165, 1.54) is 101 Å². The Labute approximate surface area is 319 Å². The Bertz CT molecular complexity index is 1390. The van der Waals surface area contributed by atoms with E-state index in [1.807, 2.05) is 0 Å². The highest BCUT2D eigenvalue weighted by Crippen LogP contribution is 2.37. The smallest absolute Gasteiger partial charge is 0.119 e. The van der Waals surface area contributed by atoms with Gasteiger partial charge in [0, 0.05) is 82.2 Å². The lowest BCUT2D eigenvalue weighted by atomic mass is 9.78. The summed E-state index contributed by atoms with van der Waals surface area (Å²) in [5, 5.41) is 0. The van der Waals surface area contributed by atoms with Crippen LogP contribution in [0.5, 0.6) is 5.75 Å². The largest absolute Gasteiger partial charge is 0.492 e. The lowest BCUT2D eigenvalue weighted by Gasteiger charge is -2.52. The van der Waals surface area contributed by atoms with Gasteiger partial charge in [-0.2, -0.15) is 0 Å².